The molecule has 0 radical (unpaired) electrons. The highest BCUT2D eigenvalue weighted by atomic mass is 32.2. The van der Waals surface area contributed by atoms with Crippen molar-refractivity contribution in [3.63, 3.8) is 0 Å². The zero-order valence-corrected chi connectivity index (χ0v) is 11.6. The van der Waals surface area contributed by atoms with Gasteiger partial charge in [-0.2, -0.15) is 11.8 Å². The Balaban J connectivity index is 2.21. The number of likely N-dealkylation sites (N-methyl/N-ethyl adjacent to an activating group) is 1. The lowest BCUT2D eigenvalue weighted by atomic mass is 10.4. The summed E-state index contributed by atoms with van der Waals surface area (Å²) in [5, 5.41) is 20.0. The van der Waals surface area contributed by atoms with Crippen LogP contribution in [0.2, 0.25) is 0 Å². The summed E-state index contributed by atoms with van der Waals surface area (Å²) in [5.41, 5.74) is 0. The molecule has 8 heteroatoms. The summed E-state index contributed by atoms with van der Waals surface area (Å²) in [6.07, 6.45) is 0.476. The van der Waals surface area contributed by atoms with E-state index in [1.165, 1.54) is 0 Å². The Morgan fingerprint density at radius 1 is 1.56 bits per heavy atom. The lowest BCUT2D eigenvalue weighted by molar-refractivity contribution is -0.131. The van der Waals surface area contributed by atoms with Crippen LogP contribution in [0.25, 0.3) is 0 Å². The van der Waals surface area contributed by atoms with Crippen molar-refractivity contribution >= 4 is 17.7 Å². The minimum atomic E-state index is 0.0112. The molecular formula is C10H19N5O2S. The molecule has 18 heavy (non-hydrogen) atoms. The summed E-state index contributed by atoms with van der Waals surface area (Å²) in [7, 11) is 1.79. The van der Waals surface area contributed by atoms with Crippen molar-refractivity contribution in [2.75, 3.05) is 25.4 Å². The molecule has 1 heterocycles. The molecular weight excluding hydrogens is 254 g/mol. The number of aliphatic hydroxyl groups excluding tert-OH is 1. The number of carbonyl (C=O) groups is 1. The summed E-state index contributed by atoms with van der Waals surface area (Å²) in [4.78, 5) is 13.4. The van der Waals surface area contributed by atoms with Crippen molar-refractivity contribution in [3.8, 4) is 0 Å². The van der Waals surface area contributed by atoms with Crippen molar-refractivity contribution in [1.29, 1.82) is 0 Å². The van der Waals surface area contributed by atoms with E-state index in [2.05, 4.69) is 15.5 Å². The largest absolute Gasteiger partial charge is 0.395 e. The highest BCUT2D eigenvalue weighted by Gasteiger charge is 2.10. The fraction of sp³-hybridized carbons (Fsp3) is 0.800. The summed E-state index contributed by atoms with van der Waals surface area (Å²) in [6.45, 7) is 2.97. The second-order valence-corrected chi connectivity index (χ2v) is 4.82. The lowest BCUT2D eigenvalue weighted by Gasteiger charge is -2.19. The topological polar surface area (TPSA) is 84.1 Å². The number of thioether (sulfide) groups is 1. The van der Waals surface area contributed by atoms with Crippen LogP contribution >= 0.6 is 11.8 Å². The number of carbonyl (C=O) groups excluding carboxylic acids is 1. The van der Waals surface area contributed by atoms with Gasteiger partial charge in [0.15, 0.2) is 5.82 Å². The predicted octanol–water partition coefficient (Wildman–Crippen LogP) is -0.326. The van der Waals surface area contributed by atoms with Gasteiger partial charge in [-0.3, -0.25) is 4.79 Å². The van der Waals surface area contributed by atoms with Gasteiger partial charge in [0.25, 0.3) is 0 Å². The zero-order valence-electron chi connectivity index (χ0n) is 10.7. The maximum absolute atomic E-state index is 11.7. The Kier molecular flexibility index (Phi) is 6.66. The van der Waals surface area contributed by atoms with Gasteiger partial charge in [0, 0.05) is 32.3 Å². The maximum Gasteiger partial charge on any atom is 0.223 e. The van der Waals surface area contributed by atoms with Crippen LogP contribution in [0, 0.1) is 0 Å². The predicted molar refractivity (Wildman–Crippen MR) is 68.9 cm³/mol. The summed E-state index contributed by atoms with van der Waals surface area (Å²) in [6, 6.07) is 0. The third-order valence-electron chi connectivity index (χ3n) is 2.50. The maximum atomic E-state index is 11.7. The lowest BCUT2D eigenvalue weighted by Crippen LogP contribution is -2.33. The molecule has 0 spiro atoms. The van der Waals surface area contributed by atoms with Gasteiger partial charge in [0.1, 0.15) is 0 Å². The Morgan fingerprint density at radius 2 is 2.33 bits per heavy atom. The number of aromatic nitrogens is 4. The van der Waals surface area contributed by atoms with E-state index in [4.69, 9.17) is 5.11 Å². The highest BCUT2D eigenvalue weighted by molar-refractivity contribution is 7.98. The number of hydrogen-bond acceptors (Lipinski definition) is 6. The number of tetrazole rings is 1. The van der Waals surface area contributed by atoms with Crippen LogP contribution in [-0.2, 0) is 17.6 Å². The first-order valence-corrected chi connectivity index (χ1v) is 7.02. The Labute approximate surface area is 111 Å². The molecule has 102 valence electrons. The highest BCUT2D eigenvalue weighted by Crippen LogP contribution is 2.10. The Bertz CT molecular complexity index is 371. The molecule has 0 saturated heterocycles. The van der Waals surface area contributed by atoms with E-state index in [0.717, 1.165) is 11.6 Å². The van der Waals surface area contributed by atoms with Crippen LogP contribution in [0.4, 0.5) is 0 Å². The molecule has 0 unspecified atom stereocenters. The number of aliphatic hydroxyl groups is 1. The number of nitrogens with zero attached hydrogens (tertiary/aromatic N) is 5. The second kappa shape index (κ2) is 8.04. The van der Waals surface area contributed by atoms with E-state index < -0.39 is 0 Å². The van der Waals surface area contributed by atoms with Crippen LogP contribution in [-0.4, -0.2) is 61.6 Å². The van der Waals surface area contributed by atoms with Crippen LogP contribution < -0.4 is 0 Å². The standard InChI is InChI=1S/C10H19N5O2S/c1-3-15(5-6-16)10(17)4-7-18-8-9-11-12-13-14(9)2/h16H,3-8H2,1-2H3. The smallest absolute Gasteiger partial charge is 0.223 e. The summed E-state index contributed by atoms with van der Waals surface area (Å²) >= 11 is 1.63. The van der Waals surface area contributed by atoms with Crippen molar-refractivity contribution in [2.24, 2.45) is 7.05 Å². The van der Waals surface area contributed by atoms with Gasteiger partial charge in [-0.1, -0.05) is 0 Å². The van der Waals surface area contributed by atoms with E-state index in [-0.39, 0.29) is 12.5 Å². The van der Waals surface area contributed by atoms with Crippen molar-refractivity contribution in [1.82, 2.24) is 25.1 Å². The molecule has 0 saturated carbocycles. The van der Waals surface area contributed by atoms with E-state index >= 15 is 0 Å². The number of hydrogen-bond donors (Lipinski definition) is 1. The first-order chi connectivity index (χ1) is 8.69. The summed E-state index contributed by atoms with van der Waals surface area (Å²) in [5.74, 6) is 2.31. The van der Waals surface area contributed by atoms with Crippen molar-refractivity contribution in [2.45, 2.75) is 19.1 Å². The molecule has 0 atom stereocenters. The van der Waals surface area contributed by atoms with Gasteiger partial charge in [-0.05, 0) is 17.4 Å². The average Bonchev–Trinajstić information content (AvgIpc) is 2.77. The average molecular weight is 273 g/mol. The SMILES string of the molecule is CCN(CCO)C(=O)CCSCc1nnnn1C. The van der Waals surface area contributed by atoms with Crippen molar-refractivity contribution < 1.29 is 9.90 Å². The van der Waals surface area contributed by atoms with E-state index in [9.17, 15) is 4.79 Å². The Morgan fingerprint density at radius 3 is 2.89 bits per heavy atom. The molecule has 0 aromatic carbocycles. The van der Waals surface area contributed by atoms with Gasteiger partial charge < -0.3 is 10.0 Å². The van der Waals surface area contributed by atoms with Crippen LogP contribution in [0.1, 0.15) is 19.2 Å². The minimum Gasteiger partial charge on any atom is -0.395 e. The molecule has 1 rings (SSSR count). The molecule has 1 N–H and O–H groups in total. The molecule has 0 bridgehead atoms. The molecule has 7 nitrogen and oxygen atoms in total. The molecule has 1 aromatic rings. The second-order valence-electron chi connectivity index (χ2n) is 3.72. The van der Waals surface area contributed by atoms with E-state index in [0.29, 0.717) is 25.3 Å². The molecule has 0 fully saturated rings. The first kappa shape index (κ1) is 14.9. The van der Waals surface area contributed by atoms with E-state index in [1.54, 1.807) is 28.4 Å². The van der Waals surface area contributed by atoms with E-state index in [1.807, 2.05) is 6.92 Å². The third-order valence-corrected chi connectivity index (χ3v) is 3.46. The van der Waals surface area contributed by atoms with Gasteiger partial charge in [-0.25, -0.2) is 4.68 Å². The van der Waals surface area contributed by atoms with Gasteiger partial charge in [0.05, 0.1) is 12.4 Å². The zero-order chi connectivity index (χ0) is 13.4. The fourth-order valence-electron chi connectivity index (χ4n) is 1.43. The Hall–Kier alpha value is -1.15. The normalized spacial score (nSPS) is 10.6. The van der Waals surface area contributed by atoms with Crippen molar-refractivity contribution in [3.05, 3.63) is 5.82 Å². The van der Waals surface area contributed by atoms with Crippen LogP contribution in [0.15, 0.2) is 0 Å². The van der Waals surface area contributed by atoms with Crippen LogP contribution in [0.3, 0.4) is 0 Å². The molecule has 0 aliphatic heterocycles. The van der Waals surface area contributed by atoms with Gasteiger partial charge in [0.2, 0.25) is 5.91 Å². The first-order valence-electron chi connectivity index (χ1n) is 5.86. The third kappa shape index (κ3) is 4.61. The number of amides is 1. The monoisotopic (exact) mass is 273 g/mol. The van der Waals surface area contributed by atoms with Gasteiger partial charge in [-0.15, -0.1) is 5.10 Å². The number of rotatable bonds is 8. The number of aryl methyl sites for hydroxylation is 1. The minimum absolute atomic E-state index is 0.0112. The molecule has 0 aliphatic carbocycles. The fourth-order valence-corrected chi connectivity index (χ4v) is 2.32. The molecule has 1 amide bonds. The van der Waals surface area contributed by atoms with Crippen LogP contribution in [0.5, 0.6) is 0 Å². The quantitative estimate of drug-likeness (QED) is 0.653. The molecule has 1 aromatic heterocycles. The van der Waals surface area contributed by atoms with Gasteiger partial charge >= 0.3 is 0 Å². The molecule has 0 aliphatic rings. The summed E-state index contributed by atoms with van der Waals surface area (Å²) < 4.78 is 1.62.